The fourth-order valence-corrected chi connectivity index (χ4v) is 5.95. The van der Waals surface area contributed by atoms with Crippen LogP contribution in [0.2, 0.25) is 0 Å². The van der Waals surface area contributed by atoms with Crippen LogP contribution in [-0.4, -0.2) is 46.8 Å². The van der Waals surface area contributed by atoms with Crippen molar-refractivity contribution < 1.29 is 23.9 Å². The van der Waals surface area contributed by atoms with Crippen LogP contribution in [0.4, 0.5) is 0 Å². The summed E-state index contributed by atoms with van der Waals surface area (Å²) in [5, 5.41) is 12.1. The summed E-state index contributed by atoms with van der Waals surface area (Å²) in [6.07, 6.45) is 8.01. The fraction of sp³-hybridized carbons (Fsp3) is 0.162. The van der Waals surface area contributed by atoms with Crippen LogP contribution < -0.4 is 14.8 Å². The van der Waals surface area contributed by atoms with E-state index in [0.717, 1.165) is 22.9 Å². The lowest BCUT2D eigenvalue weighted by molar-refractivity contribution is -0.126. The summed E-state index contributed by atoms with van der Waals surface area (Å²) in [6, 6.07) is 23.9. The fourth-order valence-electron chi connectivity index (χ4n) is 4.70. The molecule has 1 N–H and O–H groups in total. The summed E-state index contributed by atoms with van der Waals surface area (Å²) in [5.74, 6) is -1.13. The molecule has 0 fully saturated rings. The molecule has 0 spiro atoms. The largest absolute Gasteiger partial charge is 0.490 e. The standard InChI is InChI=1S/C37H33BrN4O5S/c1-4-7-18-28(5-2)42-36(45)29(21-27-22-31(46-6-3)32(23-30(27)38)47-20-19-39)35(44)41-37(42)48-24-33(43)40-34(25-14-10-8-11-15-25)26-16-12-9-13-17-26/h4-5,7-18,21-23,34H,1,6,20,24H2,2-3H3,(H,40,43)/b18-7-,28-5+,29-21+. The Morgan fingerprint density at radius 1 is 1.08 bits per heavy atom. The molecule has 3 aromatic carbocycles. The summed E-state index contributed by atoms with van der Waals surface area (Å²) in [4.78, 5) is 46.5. The maximum absolute atomic E-state index is 14.1. The predicted octanol–water partition coefficient (Wildman–Crippen LogP) is 7.14. The Hall–Kier alpha value is -5.18. The number of thioether (sulfide) groups is 1. The molecule has 1 aliphatic heterocycles. The van der Waals surface area contributed by atoms with E-state index in [1.807, 2.05) is 66.7 Å². The third kappa shape index (κ3) is 9.00. The third-order valence-electron chi connectivity index (χ3n) is 6.87. The number of nitriles is 1. The summed E-state index contributed by atoms with van der Waals surface area (Å²) < 4.78 is 11.7. The molecule has 0 atom stereocenters. The molecule has 0 unspecified atom stereocenters. The van der Waals surface area contributed by atoms with Gasteiger partial charge in [0.25, 0.3) is 11.8 Å². The van der Waals surface area contributed by atoms with Gasteiger partial charge in [-0.3, -0.25) is 19.3 Å². The minimum atomic E-state index is -0.761. The van der Waals surface area contributed by atoms with E-state index < -0.39 is 17.9 Å². The van der Waals surface area contributed by atoms with E-state index in [1.165, 1.54) is 11.0 Å². The van der Waals surface area contributed by atoms with Crippen molar-refractivity contribution in [2.24, 2.45) is 4.99 Å². The number of carbonyl (C=O) groups is 3. The zero-order valence-electron chi connectivity index (χ0n) is 26.4. The first-order chi connectivity index (χ1) is 23.3. The number of halogens is 1. The van der Waals surface area contributed by atoms with Gasteiger partial charge in [0.1, 0.15) is 11.6 Å². The minimum absolute atomic E-state index is 0.0596. The molecule has 0 aromatic heterocycles. The molecule has 0 saturated heterocycles. The number of carbonyl (C=O) groups excluding carboxylic acids is 3. The van der Waals surface area contributed by atoms with Gasteiger partial charge < -0.3 is 14.8 Å². The van der Waals surface area contributed by atoms with Gasteiger partial charge in [-0.1, -0.05) is 113 Å². The summed E-state index contributed by atoms with van der Waals surface area (Å²) in [7, 11) is 0. The number of nitrogens with zero attached hydrogens (tertiary/aromatic N) is 3. The Labute approximate surface area is 292 Å². The molecule has 1 heterocycles. The molecule has 0 radical (unpaired) electrons. The zero-order chi connectivity index (χ0) is 34.5. The lowest BCUT2D eigenvalue weighted by Gasteiger charge is -2.28. The number of ether oxygens (including phenoxy) is 2. The Bertz CT molecular complexity index is 1790. The van der Waals surface area contributed by atoms with E-state index in [1.54, 1.807) is 50.3 Å². The highest BCUT2D eigenvalue weighted by atomic mass is 79.9. The number of amides is 3. The first kappa shape index (κ1) is 35.7. The topological polar surface area (TPSA) is 121 Å². The third-order valence-corrected chi connectivity index (χ3v) is 8.49. The predicted molar refractivity (Wildman–Crippen MR) is 192 cm³/mol. The molecule has 0 saturated carbocycles. The van der Waals surface area contributed by atoms with Crippen LogP contribution in [0, 0.1) is 11.3 Å². The minimum Gasteiger partial charge on any atom is -0.490 e. The van der Waals surface area contributed by atoms with E-state index >= 15 is 0 Å². The number of amidine groups is 1. The normalized spacial score (nSPS) is 14.2. The summed E-state index contributed by atoms with van der Waals surface area (Å²) in [5.41, 5.74) is 2.52. The van der Waals surface area contributed by atoms with E-state index in [0.29, 0.717) is 33.8 Å². The van der Waals surface area contributed by atoms with Crippen LogP contribution in [0.3, 0.4) is 0 Å². The Morgan fingerprint density at radius 3 is 2.31 bits per heavy atom. The average Bonchev–Trinajstić information content (AvgIpc) is 3.10. The van der Waals surface area contributed by atoms with E-state index in [-0.39, 0.29) is 29.0 Å². The van der Waals surface area contributed by atoms with Gasteiger partial charge in [-0.2, -0.15) is 10.3 Å². The van der Waals surface area contributed by atoms with Gasteiger partial charge in [-0.25, -0.2) is 0 Å². The molecular formula is C37H33BrN4O5S. The molecule has 3 aromatic rings. The first-order valence-corrected chi connectivity index (χ1v) is 16.7. The van der Waals surface area contributed by atoms with Crippen LogP contribution in [-0.2, 0) is 14.4 Å². The van der Waals surface area contributed by atoms with Gasteiger partial charge in [0, 0.05) is 10.2 Å². The van der Waals surface area contributed by atoms with E-state index in [4.69, 9.17) is 14.7 Å². The molecule has 0 aliphatic carbocycles. The van der Waals surface area contributed by atoms with Gasteiger partial charge >= 0.3 is 0 Å². The highest BCUT2D eigenvalue weighted by Crippen LogP contribution is 2.36. The van der Waals surface area contributed by atoms with Crippen LogP contribution in [0.15, 0.2) is 124 Å². The van der Waals surface area contributed by atoms with Gasteiger partial charge in [0.05, 0.1) is 18.4 Å². The molecule has 4 rings (SSSR count). The van der Waals surface area contributed by atoms with Crippen LogP contribution in [0.25, 0.3) is 6.08 Å². The monoisotopic (exact) mass is 724 g/mol. The van der Waals surface area contributed by atoms with Crippen LogP contribution >= 0.6 is 27.7 Å². The quantitative estimate of drug-likeness (QED) is 0.113. The second-order valence-electron chi connectivity index (χ2n) is 10.0. The highest BCUT2D eigenvalue weighted by Gasteiger charge is 2.35. The van der Waals surface area contributed by atoms with Crippen molar-refractivity contribution in [2.75, 3.05) is 19.0 Å². The van der Waals surface area contributed by atoms with Crippen LogP contribution in [0.5, 0.6) is 11.5 Å². The lowest BCUT2D eigenvalue weighted by atomic mass is 9.99. The molecular weight excluding hydrogens is 692 g/mol. The number of rotatable bonds is 13. The molecule has 9 nitrogen and oxygen atoms in total. The molecule has 0 bridgehead atoms. The Morgan fingerprint density at radius 2 is 1.73 bits per heavy atom. The molecule has 1 aliphatic rings. The highest BCUT2D eigenvalue weighted by molar-refractivity contribution is 9.10. The lowest BCUT2D eigenvalue weighted by Crippen LogP contribution is -2.42. The smallest absolute Gasteiger partial charge is 0.285 e. The molecule has 244 valence electrons. The van der Waals surface area contributed by atoms with Gasteiger partial charge in [-0.05, 0) is 54.8 Å². The SMILES string of the molecule is C=C/C=C\C(=C/C)N1C(=O)/C(=C/c2cc(OCC)c(OCC#N)cc2Br)C(=O)N=C1SCC(=O)NC(c1ccccc1)c1ccccc1. The second kappa shape index (κ2) is 17.7. The Balaban J connectivity index is 1.66. The van der Waals surface area contributed by atoms with Crippen molar-refractivity contribution in [1.82, 2.24) is 10.2 Å². The summed E-state index contributed by atoms with van der Waals surface area (Å²) in [6.45, 7) is 7.40. The van der Waals surface area contributed by atoms with E-state index in [2.05, 4.69) is 32.8 Å². The number of aliphatic imine (C=N–C) groups is 1. The van der Waals surface area contributed by atoms with Crippen molar-refractivity contribution in [2.45, 2.75) is 19.9 Å². The van der Waals surface area contributed by atoms with Gasteiger partial charge in [0.15, 0.2) is 23.3 Å². The number of allylic oxidation sites excluding steroid dienone is 4. The molecule has 48 heavy (non-hydrogen) atoms. The maximum atomic E-state index is 14.1. The van der Waals surface area contributed by atoms with Crippen molar-refractivity contribution in [3.8, 4) is 17.6 Å². The first-order valence-electron chi connectivity index (χ1n) is 14.9. The van der Waals surface area contributed by atoms with Crippen LogP contribution in [0.1, 0.15) is 36.6 Å². The van der Waals surface area contributed by atoms with Gasteiger partial charge in [0.2, 0.25) is 5.91 Å². The maximum Gasteiger partial charge on any atom is 0.285 e. The summed E-state index contributed by atoms with van der Waals surface area (Å²) >= 11 is 4.45. The molecule has 11 heteroatoms. The number of hydrogen-bond acceptors (Lipinski definition) is 7. The second-order valence-corrected chi connectivity index (χ2v) is 11.8. The van der Waals surface area contributed by atoms with Crippen molar-refractivity contribution in [3.05, 3.63) is 136 Å². The molecule has 3 amide bonds. The zero-order valence-corrected chi connectivity index (χ0v) is 28.8. The van der Waals surface area contributed by atoms with Crippen molar-refractivity contribution >= 4 is 56.7 Å². The number of hydrogen-bond donors (Lipinski definition) is 1. The van der Waals surface area contributed by atoms with Crippen molar-refractivity contribution in [1.29, 1.82) is 5.26 Å². The average molecular weight is 726 g/mol. The number of nitrogens with one attached hydrogen (secondary N) is 1. The number of benzene rings is 3. The van der Waals surface area contributed by atoms with Crippen molar-refractivity contribution in [3.63, 3.8) is 0 Å². The Kier molecular flexibility index (Phi) is 13.1. The van der Waals surface area contributed by atoms with E-state index in [9.17, 15) is 14.4 Å². The van der Waals surface area contributed by atoms with Gasteiger partial charge in [-0.15, -0.1) is 0 Å².